The van der Waals surface area contributed by atoms with Crippen LogP contribution >= 0.6 is 0 Å². The topological polar surface area (TPSA) is 138 Å². The SMILES string of the molecule is CC(=O)N1CC23COCC2(C1)N(C(=O)C12CC1c1cc(O)ccc1-c1c(C4CCCCC4)c4ccc(C(=O)NS(=O)(=O)CC(C)C)cc4n1C2)C3. The van der Waals surface area contributed by atoms with Crippen LogP contribution in [0.4, 0.5) is 0 Å². The summed E-state index contributed by atoms with van der Waals surface area (Å²) in [5, 5.41) is 11.8. The van der Waals surface area contributed by atoms with Crippen LogP contribution in [0.3, 0.4) is 0 Å². The summed E-state index contributed by atoms with van der Waals surface area (Å²) in [5.74, 6) is -0.581. The van der Waals surface area contributed by atoms with Gasteiger partial charge < -0.3 is 24.2 Å². The minimum Gasteiger partial charge on any atom is -0.508 e. The molecule has 12 heteroatoms. The Kier molecular flexibility index (Phi) is 7.15. The van der Waals surface area contributed by atoms with Gasteiger partial charge >= 0.3 is 0 Å². The zero-order valence-corrected chi connectivity index (χ0v) is 30.4. The number of amides is 3. The number of phenolic OH excluding ortho intramolecular Hbond substituents is 1. The van der Waals surface area contributed by atoms with Gasteiger partial charge in [-0.3, -0.25) is 14.4 Å². The average Bonchev–Trinajstić information content (AvgIpc) is 3.56. The van der Waals surface area contributed by atoms with Gasteiger partial charge in [0.05, 0.1) is 41.0 Å². The van der Waals surface area contributed by atoms with Crippen LogP contribution in [0.1, 0.15) is 92.6 Å². The molecule has 3 aromatic rings. The first kappa shape index (κ1) is 33.0. The molecule has 11 nitrogen and oxygen atoms in total. The highest BCUT2D eigenvalue weighted by molar-refractivity contribution is 7.90. The van der Waals surface area contributed by atoms with E-state index in [1.807, 2.05) is 28.0 Å². The highest BCUT2D eigenvalue weighted by Gasteiger charge is 2.77. The van der Waals surface area contributed by atoms with Gasteiger partial charge in [-0.2, -0.15) is 0 Å². The number of aromatic hydroxyl groups is 1. The number of sulfonamides is 1. The third-order valence-electron chi connectivity index (χ3n) is 13.1. The molecule has 4 unspecified atom stereocenters. The van der Waals surface area contributed by atoms with Gasteiger partial charge in [0.25, 0.3) is 5.91 Å². The molecule has 4 aliphatic heterocycles. The molecule has 9 rings (SSSR count). The van der Waals surface area contributed by atoms with E-state index in [1.54, 1.807) is 39.0 Å². The van der Waals surface area contributed by atoms with Gasteiger partial charge in [0.1, 0.15) is 5.75 Å². The van der Waals surface area contributed by atoms with E-state index in [2.05, 4.69) is 9.29 Å². The first-order valence-electron chi connectivity index (χ1n) is 18.5. The second-order valence-corrected chi connectivity index (χ2v) is 18.5. The number of likely N-dealkylation sites (tertiary alicyclic amines) is 2. The fraction of sp³-hybridized carbons (Fsp3) is 0.564. The maximum Gasteiger partial charge on any atom is 0.264 e. The van der Waals surface area contributed by atoms with Gasteiger partial charge in [-0.1, -0.05) is 39.2 Å². The van der Waals surface area contributed by atoms with E-state index < -0.39 is 26.9 Å². The maximum atomic E-state index is 15.2. The minimum absolute atomic E-state index is 0.00863. The molecular formula is C39H46N4O7S. The molecule has 5 heterocycles. The van der Waals surface area contributed by atoms with Crippen molar-refractivity contribution < 1.29 is 32.6 Å². The van der Waals surface area contributed by atoms with Gasteiger partial charge in [-0.25, -0.2) is 13.1 Å². The first-order chi connectivity index (χ1) is 24.3. The molecule has 3 amide bonds. The molecule has 2 aliphatic carbocycles. The quantitative estimate of drug-likeness (QED) is 0.377. The van der Waals surface area contributed by atoms with Crippen molar-refractivity contribution in [3.8, 4) is 17.0 Å². The van der Waals surface area contributed by atoms with Crippen LogP contribution < -0.4 is 4.72 Å². The van der Waals surface area contributed by atoms with Crippen molar-refractivity contribution >= 4 is 38.6 Å². The molecule has 4 atom stereocenters. The molecule has 1 aromatic heterocycles. The third kappa shape index (κ3) is 4.70. The van der Waals surface area contributed by atoms with Crippen molar-refractivity contribution in [3.63, 3.8) is 0 Å². The highest BCUT2D eigenvalue weighted by Crippen LogP contribution is 2.68. The minimum atomic E-state index is -3.83. The second kappa shape index (κ2) is 11.1. The van der Waals surface area contributed by atoms with Crippen LogP contribution in [0, 0.1) is 16.7 Å². The van der Waals surface area contributed by atoms with Crippen LogP contribution in [-0.2, 0) is 30.9 Å². The number of aromatic nitrogens is 1. The molecule has 0 radical (unpaired) electrons. The summed E-state index contributed by atoms with van der Waals surface area (Å²) in [6.07, 6.45) is 6.12. The Hall–Kier alpha value is -3.90. The van der Waals surface area contributed by atoms with Crippen molar-refractivity contribution in [1.29, 1.82) is 0 Å². The van der Waals surface area contributed by atoms with Gasteiger partial charge in [0, 0.05) is 61.1 Å². The van der Waals surface area contributed by atoms with E-state index in [1.165, 1.54) is 12.0 Å². The molecule has 3 saturated heterocycles. The predicted molar refractivity (Wildman–Crippen MR) is 191 cm³/mol. The Morgan fingerprint density at radius 1 is 1.00 bits per heavy atom. The molecule has 270 valence electrons. The zero-order chi connectivity index (χ0) is 35.7. The summed E-state index contributed by atoms with van der Waals surface area (Å²) in [4.78, 5) is 45.1. The zero-order valence-electron chi connectivity index (χ0n) is 29.5. The van der Waals surface area contributed by atoms with Crippen LogP contribution in [0.5, 0.6) is 5.75 Å². The van der Waals surface area contributed by atoms with E-state index >= 15 is 4.79 Å². The Bertz CT molecular complexity index is 2140. The molecule has 2 N–H and O–H groups in total. The maximum absolute atomic E-state index is 15.2. The molecule has 6 aliphatic rings. The smallest absolute Gasteiger partial charge is 0.264 e. The summed E-state index contributed by atoms with van der Waals surface area (Å²) in [6, 6.07) is 11.0. The molecule has 2 aromatic carbocycles. The summed E-state index contributed by atoms with van der Waals surface area (Å²) >= 11 is 0. The lowest BCUT2D eigenvalue weighted by Crippen LogP contribution is -2.76. The number of benzene rings is 2. The predicted octanol–water partition coefficient (Wildman–Crippen LogP) is 4.72. The molecular weight excluding hydrogens is 669 g/mol. The number of ether oxygens (including phenoxy) is 1. The normalized spacial score (nSPS) is 29.5. The van der Waals surface area contributed by atoms with E-state index in [4.69, 9.17) is 4.74 Å². The summed E-state index contributed by atoms with van der Waals surface area (Å²) in [5.41, 5.74) is 3.65. The van der Waals surface area contributed by atoms with E-state index in [0.717, 1.165) is 53.4 Å². The Labute approximate surface area is 298 Å². The summed E-state index contributed by atoms with van der Waals surface area (Å²) < 4.78 is 36.1. The Balaban J connectivity index is 1.19. The number of rotatable bonds is 6. The van der Waals surface area contributed by atoms with Crippen LogP contribution in [0.25, 0.3) is 22.2 Å². The number of hydrogen-bond acceptors (Lipinski definition) is 7. The van der Waals surface area contributed by atoms with Crippen LogP contribution in [-0.4, -0.2) is 89.8 Å². The molecule has 5 fully saturated rings. The lowest BCUT2D eigenvalue weighted by atomic mass is 9.64. The number of carbonyl (C=O) groups excluding carboxylic acids is 3. The van der Waals surface area contributed by atoms with E-state index in [-0.39, 0.29) is 52.0 Å². The number of hydrogen-bond donors (Lipinski definition) is 2. The van der Waals surface area contributed by atoms with Crippen LogP contribution in [0.2, 0.25) is 0 Å². The Morgan fingerprint density at radius 2 is 1.78 bits per heavy atom. The van der Waals surface area contributed by atoms with Crippen molar-refractivity contribution in [2.24, 2.45) is 16.7 Å². The van der Waals surface area contributed by atoms with Gasteiger partial charge in [-0.05, 0) is 72.6 Å². The van der Waals surface area contributed by atoms with Crippen LogP contribution in [0.15, 0.2) is 36.4 Å². The van der Waals surface area contributed by atoms with Crippen molar-refractivity contribution in [1.82, 2.24) is 19.1 Å². The van der Waals surface area contributed by atoms with Crippen molar-refractivity contribution in [2.75, 3.05) is 38.6 Å². The molecule has 0 spiro atoms. The number of carbonyl (C=O) groups is 3. The van der Waals surface area contributed by atoms with Crippen molar-refractivity contribution in [3.05, 3.63) is 53.1 Å². The molecule has 0 bridgehead atoms. The number of phenols is 1. The number of nitrogens with one attached hydrogen (secondary N) is 1. The molecule has 51 heavy (non-hydrogen) atoms. The van der Waals surface area contributed by atoms with Gasteiger partial charge in [-0.15, -0.1) is 0 Å². The highest BCUT2D eigenvalue weighted by atomic mass is 32.2. The third-order valence-corrected chi connectivity index (χ3v) is 14.7. The van der Waals surface area contributed by atoms with Gasteiger partial charge in [0.15, 0.2) is 0 Å². The second-order valence-electron chi connectivity index (χ2n) is 16.8. The fourth-order valence-corrected chi connectivity index (χ4v) is 12.0. The standard InChI is InChI=1S/C39H46N4O7S/c1-23(2)16-51(48,49)40-35(46)26-9-11-29-32(13-26)42-19-38(36(47)43-18-37-17-41(24(3)44)20-39(37,43)22-50-21-37)15-31(38)30-14-27(45)10-12-28(30)34(42)33(29)25-7-5-4-6-8-25/h9-14,23,25,31,45H,4-8,15-22H2,1-3H3,(H,40,46). The Morgan fingerprint density at radius 3 is 2.53 bits per heavy atom. The van der Waals surface area contributed by atoms with Gasteiger partial charge in [0.2, 0.25) is 21.8 Å². The molecule has 2 saturated carbocycles. The van der Waals surface area contributed by atoms with E-state index in [0.29, 0.717) is 45.8 Å². The largest absolute Gasteiger partial charge is 0.508 e. The van der Waals surface area contributed by atoms with Crippen molar-refractivity contribution in [2.45, 2.75) is 83.2 Å². The number of fused-ring (bicyclic) bond motifs is 7. The van der Waals surface area contributed by atoms with E-state index in [9.17, 15) is 23.1 Å². The first-order valence-corrected chi connectivity index (χ1v) is 20.1. The summed E-state index contributed by atoms with van der Waals surface area (Å²) in [7, 11) is -3.83. The average molecular weight is 715 g/mol. The summed E-state index contributed by atoms with van der Waals surface area (Å²) in [6.45, 7) is 8.10. The number of nitrogens with zero attached hydrogens (tertiary/aromatic N) is 3. The monoisotopic (exact) mass is 714 g/mol. The lowest BCUT2D eigenvalue weighted by Gasteiger charge is -2.58. The lowest BCUT2D eigenvalue weighted by molar-refractivity contribution is -0.166. The fourth-order valence-electron chi connectivity index (χ4n) is 10.6.